The van der Waals surface area contributed by atoms with Crippen LogP contribution in [0.2, 0.25) is 0 Å². The van der Waals surface area contributed by atoms with Crippen molar-refractivity contribution < 1.29 is 14.3 Å². The van der Waals surface area contributed by atoms with Crippen molar-refractivity contribution in [2.75, 3.05) is 19.5 Å². The van der Waals surface area contributed by atoms with E-state index < -0.39 is 12.0 Å². The molecule has 0 saturated carbocycles. The minimum absolute atomic E-state index is 0.270. The zero-order valence-corrected chi connectivity index (χ0v) is 15.2. The van der Waals surface area contributed by atoms with Gasteiger partial charge >= 0.3 is 5.97 Å². The molecule has 140 valence electrons. The Morgan fingerprint density at radius 1 is 1.15 bits per heavy atom. The summed E-state index contributed by atoms with van der Waals surface area (Å²) in [4.78, 5) is 24.4. The highest BCUT2D eigenvalue weighted by atomic mass is 16.5. The van der Waals surface area contributed by atoms with E-state index in [2.05, 4.69) is 10.6 Å². The first-order valence-electron chi connectivity index (χ1n) is 8.23. The van der Waals surface area contributed by atoms with Gasteiger partial charge in [-0.2, -0.15) is 0 Å². The van der Waals surface area contributed by atoms with Gasteiger partial charge in [0, 0.05) is 23.7 Å². The molecule has 0 aliphatic heterocycles. The van der Waals surface area contributed by atoms with Crippen LogP contribution in [-0.4, -0.2) is 32.2 Å². The topological polar surface area (TPSA) is 117 Å². The Bertz CT molecular complexity index is 860. The van der Waals surface area contributed by atoms with Crippen LogP contribution in [0, 0.1) is 5.41 Å². The average molecular weight is 366 g/mol. The molecule has 1 atom stereocenters. The molecule has 7 nitrogen and oxygen atoms in total. The number of nitrogens with two attached hydrogens (primary N) is 1. The van der Waals surface area contributed by atoms with Crippen molar-refractivity contribution >= 4 is 29.4 Å². The number of hydrogen-bond donors (Lipinski definition) is 4. The van der Waals surface area contributed by atoms with Crippen LogP contribution in [0.4, 0.5) is 5.69 Å². The lowest BCUT2D eigenvalue weighted by atomic mass is 10.0. The summed E-state index contributed by atoms with van der Waals surface area (Å²) in [5, 5.41) is 13.1. The van der Waals surface area contributed by atoms with Gasteiger partial charge in [-0.1, -0.05) is 24.3 Å². The number of ether oxygens (including phenoxy) is 1. The van der Waals surface area contributed by atoms with Gasteiger partial charge in [0.15, 0.2) is 0 Å². The Morgan fingerprint density at radius 2 is 1.85 bits per heavy atom. The van der Waals surface area contributed by atoms with Crippen molar-refractivity contribution in [3.8, 4) is 0 Å². The van der Waals surface area contributed by atoms with Crippen molar-refractivity contribution in [3.05, 3.63) is 71.4 Å². The summed E-state index contributed by atoms with van der Waals surface area (Å²) < 4.78 is 4.72. The van der Waals surface area contributed by atoms with E-state index in [4.69, 9.17) is 15.9 Å². The molecule has 0 fully saturated rings. The number of nitrogens with one attached hydrogen (secondary N) is 3. The lowest BCUT2D eigenvalue weighted by molar-refractivity contribution is -0.118. The Morgan fingerprint density at radius 3 is 2.41 bits per heavy atom. The van der Waals surface area contributed by atoms with E-state index in [9.17, 15) is 9.59 Å². The summed E-state index contributed by atoms with van der Waals surface area (Å²) in [7, 11) is 2.98. The van der Waals surface area contributed by atoms with Crippen LogP contribution in [0.25, 0.3) is 5.57 Å². The Hall–Kier alpha value is -3.45. The lowest BCUT2D eigenvalue weighted by Gasteiger charge is -2.17. The van der Waals surface area contributed by atoms with Gasteiger partial charge in [0.25, 0.3) is 0 Å². The third-order valence-electron chi connectivity index (χ3n) is 4.01. The SMILES string of the molecule is CNC(C(=O)Nc1ccc(/C(C=N)=C/N)cc1)c1cccc(C(=O)OC)c1. The van der Waals surface area contributed by atoms with E-state index in [1.165, 1.54) is 19.5 Å². The van der Waals surface area contributed by atoms with Crippen LogP contribution >= 0.6 is 0 Å². The molecule has 1 unspecified atom stereocenters. The number of allylic oxidation sites excluding steroid dienone is 1. The summed E-state index contributed by atoms with van der Waals surface area (Å²) in [6.45, 7) is 0. The highest BCUT2D eigenvalue weighted by Crippen LogP contribution is 2.19. The molecule has 1 amide bonds. The van der Waals surface area contributed by atoms with E-state index in [1.807, 2.05) is 0 Å². The second kappa shape index (κ2) is 9.30. The summed E-state index contributed by atoms with van der Waals surface area (Å²) in [5.74, 6) is -0.730. The number of likely N-dealkylation sites (N-methyl/N-ethyl adjacent to an activating group) is 1. The van der Waals surface area contributed by atoms with Crippen molar-refractivity contribution in [3.63, 3.8) is 0 Å². The first kappa shape index (κ1) is 19.9. The van der Waals surface area contributed by atoms with Gasteiger partial charge in [0.2, 0.25) is 5.91 Å². The maximum atomic E-state index is 12.7. The maximum absolute atomic E-state index is 12.7. The molecule has 0 aliphatic rings. The number of rotatable bonds is 7. The smallest absolute Gasteiger partial charge is 0.337 e. The molecule has 2 rings (SSSR count). The number of esters is 1. The highest BCUT2D eigenvalue weighted by Gasteiger charge is 2.20. The van der Waals surface area contributed by atoms with E-state index in [-0.39, 0.29) is 5.91 Å². The van der Waals surface area contributed by atoms with Gasteiger partial charge in [-0.05, 0) is 42.4 Å². The maximum Gasteiger partial charge on any atom is 0.337 e. The lowest BCUT2D eigenvalue weighted by Crippen LogP contribution is -2.30. The highest BCUT2D eigenvalue weighted by molar-refractivity contribution is 6.08. The summed E-state index contributed by atoms with van der Waals surface area (Å²) >= 11 is 0. The molecular formula is C20H22N4O3. The third-order valence-corrected chi connectivity index (χ3v) is 4.01. The fourth-order valence-corrected chi connectivity index (χ4v) is 2.60. The summed E-state index contributed by atoms with van der Waals surface area (Å²) in [5.41, 5.74) is 8.46. The van der Waals surface area contributed by atoms with Gasteiger partial charge in [0.05, 0.1) is 12.7 Å². The van der Waals surface area contributed by atoms with Crippen molar-refractivity contribution in [1.29, 1.82) is 5.41 Å². The van der Waals surface area contributed by atoms with Gasteiger partial charge < -0.3 is 26.5 Å². The molecule has 0 aliphatic carbocycles. The molecule has 0 radical (unpaired) electrons. The first-order valence-corrected chi connectivity index (χ1v) is 8.23. The molecule has 5 N–H and O–H groups in total. The predicted molar refractivity (Wildman–Crippen MR) is 106 cm³/mol. The Kier molecular flexibility index (Phi) is 6.85. The van der Waals surface area contributed by atoms with E-state index in [0.717, 1.165) is 5.56 Å². The third kappa shape index (κ3) is 4.80. The van der Waals surface area contributed by atoms with E-state index >= 15 is 0 Å². The van der Waals surface area contributed by atoms with Crippen molar-refractivity contribution in [1.82, 2.24) is 5.32 Å². The largest absolute Gasteiger partial charge is 0.465 e. The number of methoxy groups -OCH3 is 1. The van der Waals surface area contributed by atoms with E-state index in [1.54, 1.807) is 55.6 Å². The van der Waals surface area contributed by atoms with Crippen LogP contribution in [0.15, 0.2) is 54.7 Å². The zero-order chi connectivity index (χ0) is 19.8. The number of carbonyl (C=O) groups is 2. The molecule has 0 bridgehead atoms. The van der Waals surface area contributed by atoms with Crippen molar-refractivity contribution in [2.45, 2.75) is 6.04 Å². The van der Waals surface area contributed by atoms with Gasteiger partial charge in [-0.25, -0.2) is 4.79 Å². The number of benzene rings is 2. The van der Waals surface area contributed by atoms with Crippen molar-refractivity contribution in [2.24, 2.45) is 5.73 Å². The molecule has 7 heteroatoms. The average Bonchev–Trinajstić information content (AvgIpc) is 2.70. The standard InChI is InChI=1S/C20H22N4O3/c1-23-18(14-4-3-5-15(10-14)20(26)27-2)19(25)24-17-8-6-13(7-9-17)16(11-21)12-22/h3-12,18,21,23H,22H2,1-2H3,(H,24,25)/b16-12+,21-11?. The van der Waals surface area contributed by atoms with Crippen LogP contribution in [0.5, 0.6) is 0 Å². The number of carbonyl (C=O) groups excluding carboxylic acids is 2. The summed E-state index contributed by atoms with van der Waals surface area (Å²) in [6.07, 6.45) is 2.52. The molecule has 0 aromatic heterocycles. The quantitative estimate of drug-likeness (QED) is 0.443. The predicted octanol–water partition coefficient (Wildman–Crippen LogP) is 2.32. The molecule has 0 heterocycles. The zero-order valence-electron chi connectivity index (χ0n) is 15.2. The van der Waals surface area contributed by atoms with Crippen LogP contribution in [0.3, 0.4) is 0 Å². The molecule has 27 heavy (non-hydrogen) atoms. The normalized spacial score (nSPS) is 12.1. The molecule has 2 aromatic rings. The molecule has 0 saturated heterocycles. The van der Waals surface area contributed by atoms with Crippen LogP contribution in [-0.2, 0) is 9.53 Å². The fraction of sp³-hybridized carbons (Fsp3) is 0.150. The molecule has 0 spiro atoms. The minimum atomic E-state index is -0.643. The van der Waals surface area contributed by atoms with Gasteiger partial charge in [-0.3, -0.25) is 4.79 Å². The second-order valence-corrected chi connectivity index (χ2v) is 5.67. The van der Waals surface area contributed by atoms with Crippen LogP contribution < -0.4 is 16.4 Å². The fourth-order valence-electron chi connectivity index (χ4n) is 2.60. The van der Waals surface area contributed by atoms with Gasteiger partial charge in [0.1, 0.15) is 6.04 Å². The molecular weight excluding hydrogens is 344 g/mol. The second-order valence-electron chi connectivity index (χ2n) is 5.67. The minimum Gasteiger partial charge on any atom is -0.465 e. The Labute approximate surface area is 157 Å². The number of hydrogen-bond acceptors (Lipinski definition) is 6. The van der Waals surface area contributed by atoms with E-state index in [0.29, 0.717) is 22.4 Å². The monoisotopic (exact) mass is 366 g/mol. The summed E-state index contributed by atoms with van der Waals surface area (Å²) in [6, 6.07) is 13.1. The number of amides is 1. The number of anilines is 1. The van der Waals surface area contributed by atoms with Gasteiger partial charge in [-0.15, -0.1) is 0 Å². The Balaban J connectivity index is 2.18. The molecule has 2 aromatic carbocycles. The van der Waals surface area contributed by atoms with Crippen LogP contribution in [0.1, 0.15) is 27.5 Å². The first-order chi connectivity index (χ1) is 13.0.